The molecule has 0 saturated carbocycles. The minimum atomic E-state index is -4.56. The van der Waals surface area contributed by atoms with Crippen molar-refractivity contribution < 1.29 is 17.9 Å². The highest BCUT2D eigenvalue weighted by atomic mass is 35.5. The summed E-state index contributed by atoms with van der Waals surface area (Å²) >= 11 is 12.3. The van der Waals surface area contributed by atoms with E-state index in [0.717, 1.165) is 54.9 Å². The summed E-state index contributed by atoms with van der Waals surface area (Å²) < 4.78 is 43.6. The van der Waals surface area contributed by atoms with E-state index in [4.69, 9.17) is 27.9 Å². The van der Waals surface area contributed by atoms with Crippen molar-refractivity contribution in [3.8, 4) is 11.5 Å². The molecule has 0 aliphatic heterocycles. The van der Waals surface area contributed by atoms with E-state index in [0.29, 0.717) is 16.6 Å². The summed E-state index contributed by atoms with van der Waals surface area (Å²) in [6, 6.07) is 8.01. The van der Waals surface area contributed by atoms with Gasteiger partial charge >= 0.3 is 6.18 Å². The zero-order chi connectivity index (χ0) is 22.6. The SMILES string of the molecule is CCc1nc(C)nc(CCCc2ccc(Oc3cnc(C(F)(F)F)cc3Cl)cc2)c1Cl. The topological polar surface area (TPSA) is 47.9 Å². The van der Waals surface area contributed by atoms with E-state index in [1.54, 1.807) is 12.1 Å². The number of alkyl halides is 3. The van der Waals surface area contributed by atoms with Crippen LogP contribution in [0.4, 0.5) is 13.2 Å². The van der Waals surface area contributed by atoms with Crippen LogP contribution in [0.3, 0.4) is 0 Å². The molecule has 0 atom stereocenters. The Labute approximate surface area is 188 Å². The lowest BCUT2D eigenvalue weighted by Crippen LogP contribution is -2.07. The Balaban J connectivity index is 1.59. The Bertz CT molecular complexity index is 1060. The maximum atomic E-state index is 12.7. The molecule has 0 fully saturated rings. The number of aromatic nitrogens is 3. The lowest BCUT2D eigenvalue weighted by atomic mass is 10.1. The van der Waals surface area contributed by atoms with E-state index in [-0.39, 0.29) is 10.8 Å². The lowest BCUT2D eigenvalue weighted by Gasteiger charge is -2.11. The normalized spacial score (nSPS) is 11.6. The molecule has 0 N–H and O–H groups in total. The molecule has 0 aliphatic carbocycles. The Kier molecular flexibility index (Phi) is 7.38. The van der Waals surface area contributed by atoms with Crippen molar-refractivity contribution in [2.45, 2.75) is 45.7 Å². The second-order valence-electron chi connectivity index (χ2n) is 6.93. The van der Waals surface area contributed by atoms with Gasteiger partial charge in [0.1, 0.15) is 17.3 Å². The summed E-state index contributed by atoms with van der Waals surface area (Å²) in [5, 5.41) is 0.480. The molecule has 0 radical (unpaired) electrons. The molecule has 1 aromatic carbocycles. The quantitative estimate of drug-likeness (QED) is 0.372. The number of hydrogen-bond donors (Lipinski definition) is 0. The average molecular weight is 470 g/mol. The van der Waals surface area contributed by atoms with Gasteiger partial charge in [-0.15, -0.1) is 0 Å². The van der Waals surface area contributed by atoms with Gasteiger partial charge in [-0.2, -0.15) is 13.2 Å². The highest BCUT2D eigenvalue weighted by Crippen LogP contribution is 2.34. The van der Waals surface area contributed by atoms with E-state index in [1.165, 1.54) is 0 Å². The third-order valence-electron chi connectivity index (χ3n) is 4.58. The first-order valence-corrected chi connectivity index (χ1v) is 10.4. The van der Waals surface area contributed by atoms with Crippen LogP contribution >= 0.6 is 23.2 Å². The van der Waals surface area contributed by atoms with Gasteiger partial charge in [-0.1, -0.05) is 42.3 Å². The molecular weight excluding hydrogens is 450 g/mol. The van der Waals surface area contributed by atoms with E-state index in [2.05, 4.69) is 15.0 Å². The fraction of sp³-hybridized carbons (Fsp3) is 0.318. The van der Waals surface area contributed by atoms with Crippen molar-refractivity contribution in [2.75, 3.05) is 0 Å². The number of aryl methyl sites for hydroxylation is 4. The van der Waals surface area contributed by atoms with Crippen LogP contribution in [-0.2, 0) is 25.4 Å². The molecule has 164 valence electrons. The number of halogens is 5. The summed E-state index contributed by atoms with van der Waals surface area (Å²) in [6.07, 6.45) is -0.430. The molecule has 31 heavy (non-hydrogen) atoms. The van der Waals surface area contributed by atoms with Crippen LogP contribution in [0.25, 0.3) is 0 Å². The van der Waals surface area contributed by atoms with E-state index in [9.17, 15) is 13.2 Å². The van der Waals surface area contributed by atoms with Crippen LogP contribution in [0.5, 0.6) is 11.5 Å². The van der Waals surface area contributed by atoms with E-state index in [1.807, 2.05) is 26.0 Å². The zero-order valence-corrected chi connectivity index (χ0v) is 18.4. The Morgan fingerprint density at radius 2 is 1.68 bits per heavy atom. The number of rotatable bonds is 7. The number of pyridine rings is 1. The van der Waals surface area contributed by atoms with Gasteiger partial charge < -0.3 is 4.74 Å². The minimum Gasteiger partial charge on any atom is -0.454 e. The average Bonchev–Trinajstić information content (AvgIpc) is 2.72. The second kappa shape index (κ2) is 9.83. The highest BCUT2D eigenvalue weighted by molar-refractivity contribution is 6.32. The van der Waals surface area contributed by atoms with Crippen molar-refractivity contribution in [3.63, 3.8) is 0 Å². The van der Waals surface area contributed by atoms with Gasteiger partial charge in [-0.3, -0.25) is 0 Å². The molecular formula is C22H20Cl2F3N3O. The van der Waals surface area contributed by atoms with Crippen LogP contribution in [0.15, 0.2) is 36.5 Å². The van der Waals surface area contributed by atoms with Crippen molar-refractivity contribution in [2.24, 2.45) is 0 Å². The number of hydrogen-bond acceptors (Lipinski definition) is 4. The highest BCUT2D eigenvalue weighted by Gasteiger charge is 2.33. The molecule has 0 amide bonds. The van der Waals surface area contributed by atoms with Crippen LogP contribution in [0.1, 0.15) is 41.8 Å². The summed E-state index contributed by atoms with van der Waals surface area (Å²) in [5.74, 6) is 1.23. The molecule has 3 rings (SSSR count). The molecule has 9 heteroatoms. The summed E-state index contributed by atoms with van der Waals surface area (Å²) in [7, 11) is 0. The Hall–Kier alpha value is -2.38. The van der Waals surface area contributed by atoms with Crippen LogP contribution in [0.2, 0.25) is 10.0 Å². The van der Waals surface area contributed by atoms with Crippen molar-refractivity contribution >= 4 is 23.2 Å². The first-order chi connectivity index (χ1) is 14.7. The predicted molar refractivity (Wildman–Crippen MR) is 114 cm³/mol. The van der Waals surface area contributed by atoms with Gasteiger partial charge in [0.2, 0.25) is 0 Å². The zero-order valence-electron chi connectivity index (χ0n) is 16.9. The fourth-order valence-corrected chi connectivity index (χ4v) is 3.54. The van der Waals surface area contributed by atoms with Crippen molar-refractivity contribution in [1.29, 1.82) is 0 Å². The van der Waals surface area contributed by atoms with Crippen LogP contribution < -0.4 is 4.74 Å². The molecule has 0 unspecified atom stereocenters. The van der Waals surface area contributed by atoms with Crippen molar-refractivity contribution in [3.05, 3.63) is 75.0 Å². The molecule has 0 saturated heterocycles. The van der Waals surface area contributed by atoms with Gasteiger partial charge in [-0.05, 0) is 56.4 Å². The molecule has 3 aromatic rings. The lowest BCUT2D eigenvalue weighted by molar-refractivity contribution is -0.141. The Morgan fingerprint density at radius 3 is 2.29 bits per heavy atom. The largest absolute Gasteiger partial charge is 0.454 e. The third kappa shape index (κ3) is 6.08. The maximum absolute atomic E-state index is 12.7. The maximum Gasteiger partial charge on any atom is 0.433 e. The first-order valence-electron chi connectivity index (χ1n) is 9.68. The standard InChI is InChI=1S/C22H20Cl2F3N3O/c1-3-17-21(24)18(30-13(2)29-17)6-4-5-14-7-9-15(10-8-14)31-19-12-28-20(11-16(19)23)22(25,26)27/h7-12H,3-6H2,1-2H3. The number of ether oxygens (including phenoxy) is 1. The van der Waals surface area contributed by atoms with Gasteiger partial charge in [0, 0.05) is 0 Å². The van der Waals surface area contributed by atoms with Gasteiger partial charge in [0.05, 0.1) is 27.6 Å². The van der Waals surface area contributed by atoms with Gasteiger partial charge in [0.25, 0.3) is 0 Å². The first kappa shape index (κ1) is 23.3. The summed E-state index contributed by atoms with van der Waals surface area (Å²) in [4.78, 5) is 12.2. The summed E-state index contributed by atoms with van der Waals surface area (Å²) in [5.41, 5.74) is 1.74. The Morgan fingerprint density at radius 1 is 1.00 bits per heavy atom. The number of benzene rings is 1. The van der Waals surface area contributed by atoms with E-state index >= 15 is 0 Å². The molecule has 4 nitrogen and oxygen atoms in total. The van der Waals surface area contributed by atoms with Crippen LogP contribution in [0, 0.1) is 6.92 Å². The molecule has 2 heterocycles. The van der Waals surface area contributed by atoms with Crippen molar-refractivity contribution in [1.82, 2.24) is 15.0 Å². The monoisotopic (exact) mass is 469 g/mol. The molecule has 2 aromatic heterocycles. The third-order valence-corrected chi connectivity index (χ3v) is 5.31. The molecule has 0 bridgehead atoms. The van der Waals surface area contributed by atoms with Crippen LogP contribution in [-0.4, -0.2) is 15.0 Å². The second-order valence-corrected chi connectivity index (χ2v) is 7.71. The predicted octanol–water partition coefficient (Wildman–Crippen LogP) is 7.04. The molecule has 0 aliphatic rings. The fourth-order valence-electron chi connectivity index (χ4n) is 3.04. The van der Waals surface area contributed by atoms with Gasteiger partial charge in [-0.25, -0.2) is 15.0 Å². The molecule has 0 spiro atoms. The summed E-state index contributed by atoms with van der Waals surface area (Å²) in [6.45, 7) is 3.87. The minimum absolute atomic E-state index is 0.0583. The number of nitrogens with zero attached hydrogens (tertiary/aromatic N) is 3. The smallest absolute Gasteiger partial charge is 0.433 e. The van der Waals surface area contributed by atoms with E-state index < -0.39 is 11.9 Å². The van der Waals surface area contributed by atoms with Gasteiger partial charge in [0.15, 0.2) is 5.75 Å².